The standard InChI is InChI=1S/C11H26N2.CH3NO2/c1-3-5-9-13(10-6-4-2)11-7-8-12;2-1(3)4/h3-12H2,1-2H3;2H2,(H,3,4). The summed E-state index contributed by atoms with van der Waals surface area (Å²) >= 11 is 0. The van der Waals surface area contributed by atoms with Crippen molar-refractivity contribution < 1.29 is 9.90 Å². The average Bonchev–Trinajstić information content (AvgIpc) is 2.27. The van der Waals surface area contributed by atoms with Gasteiger partial charge in [0.25, 0.3) is 0 Å². The predicted molar refractivity (Wildman–Crippen MR) is 72.1 cm³/mol. The molecule has 0 radical (unpaired) electrons. The maximum Gasteiger partial charge on any atom is 0.402 e. The van der Waals surface area contributed by atoms with Crippen LogP contribution in [0.4, 0.5) is 4.79 Å². The van der Waals surface area contributed by atoms with Crippen LogP contribution in [0.2, 0.25) is 0 Å². The summed E-state index contributed by atoms with van der Waals surface area (Å²) in [7, 11) is 0. The first-order valence-electron chi connectivity index (χ1n) is 6.49. The van der Waals surface area contributed by atoms with Gasteiger partial charge < -0.3 is 21.5 Å². The molecule has 17 heavy (non-hydrogen) atoms. The summed E-state index contributed by atoms with van der Waals surface area (Å²) in [6.07, 6.45) is 5.06. The van der Waals surface area contributed by atoms with Crippen LogP contribution in [0.5, 0.6) is 0 Å². The lowest BCUT2D eigenvalue weighted by atomic mass is 10.2. The minimum Gasteiger partial charge on any atom is -0.465 e. The summed E-state index contributed by atoms with van der Waals surface area (Å²) in [6.45, 7) is 9.04. The molecule has 0 unspecified atom stereocenters. The van der Waals surface area contributed by atoms with Crippen molar-refractivity contribution in [2.45, 2.75) is 46.0 Å². The van der Waals surface area contributed by atoms with Gasteiger partial charge in [0.2, 0.25) is 0 Å². The lowest BCUT2D eigenvalue weighted by Crippen LogP contribution is -2.28. The van der Waals surface area contributed by atoms with Gasteiger partial charge in [-0.15, -0.1) is 0 Å². The molecule has 0 aromatic heterocycles. The van der Waals surface area contributed by atoms with E-state index in [0.717, 1.165) is 13.0 Å². The van der Waals surface area contributed by atoms with Crippen LogP contribution in [0.15, 0.2) is 0 Å². The van der Waals surface area contributed by atoms with Gasteiger partial charge in [-0.1, -0.05) is 26.7 Å². The van der Waals surface area contributed by atoms with Gasteiger partial charge in [-0.05, 0) is 45.4 Å². The van der Waals surface area contributed by atoms with Gasteiger partial charge in [0.05, 0.1) is 0 Å². The molecule has 0 aliphatic heterocycles. The highest BCUT2D eigenvalue weighted by atomic mass is 16.4. The zero-order valence-electron chi connectivity index (χ0n) is 11.3. The van der Waals surface area contributed by atoms with Gasteiger partial charge >= 0.3 is 6.09 Å². The summed E-state index contributed by atoms with van der Waals surface area (Å²) in [6, 6.07) is 0. The molecule has 0 spiro atoms. The third kappa shape index (κ3) is 21.1. The summed E-state index contributed by atoms with van der Waals surface area (Å²) in [4.78, 5) is 11.3. The monoisotopic (exact) mass is 247 g/mol. The quantitative estimate of drug-likeness (QED) is 0.580. The zero-order chi connectivity index (χ0) is 13.5. The van der Waals surface area contributed by atoms with E-state index in [0.29, 0.717) is 0 Å². The first-order chi connectivity index (χ1) is 8.08. The Hall–Kier alpha value is -0.810. The van der Waals surface area contributed by atoms with Crippen molar-refractivity contribution in [3.8, 4) is 0 Å². The minimum atomic E-state index is -1.33. The third-order valence-electron chi connectivity index (χ3n) is 2.33. The number of primary amides is 1. The van der Waals surface area contributed by atoms with E-state index in [-0.39, 0.29) is 0 Å². The largest absolute Gasteiger partial charge is 0.465 e. The Kier molecular flexibility index (Phi) is 16.6. The molecule has 0 rings (SSSR count). The lowest BCUT2D eigenvalue weighted by Gasteiger charge is -2.21. The van der Waals surface area contributed by atoms with E-state index in [1.807, 2.05) is 0 Å². The molecular formula is C12H29N3O2. The molecule has 0 aliphatic rings. The molecule has 0 bridgehead atoms. The fourth-order valence-electron chi connectivity index (χ4n) is 1.41. The molecule has 5 heteroatoms. The Bertz CT molecular complexity index is 143. The summed E-state index contributed by atoms with van der Waals surface area (Å²) in [5, 5.41) is 7.19. The van der Waals surface area contributed by atoms with Gasteiger partial charge in [0.15, 0.2) is 0 Å². The van der Waals surface area contributed by atoms with E-state index in [2.05, 4.69) is 24.5 Å². The third-order valence-corrected chi connectivity index (χ3v) is 2.33. The Morgan fingerprint density at radius 1 is 1.06 bits per heavy atom. The number of carbonyl (C=O) groups is 1. The molecule has 0 saturated carbocycles. The maximum atomic E-state index is 8.78. The van der Waals surface area contributed by atoms with Crippen LogP contribution in [0.25, 0.3) is 0 Å². The highest BCUT2D eigenvalue weighted by Crippen LogP contribution is 1.99. The first kappa shape index (κ1) is 18.6. The molecule has 104 valence electrons. The van der Waals surface area contributed by atoms with Crippen molar-refractivity contribution in [2.75, 3.05) is 26.2 Å². The number of carboxylic acid groups (broad SMARTS) is 1. The molecule has 0 aromatic rings. The second-order valence-electron chi connectivity index (χ2n) is 4.03. The number of unbranched alkanes of at least 4 members (excludes halogenated alkanes) is 2. The van der Waals surface area contributed by atoms with Crippen molar-refractivity contribution in [3.05, 3.63) is 0 Å². The second-order valence-corrected chi connectivity index (χ2v) is 4.03. The zero-order valence-corrected chi connectivity index (χ0v) is 11.3. The van der Waals surface area contributed by atoms with Crippen LogP contribution in [0, 0.1) is 0 Å². The molecule has 5 N–H and O–H groups in total. The van der Waals surface area contributed by atoms with Crippen molar-refractivity contribution in [1.29, 1.82) is 0 Å². The number of hydrogen-bond acceptors (Lipinski definition) is 3. The molecule has 0 aromatic carbocycles. The fraction of sp³-hybridized carbons (Fsp3) is 0.917. The fourth-order valence-corrected chi connectivity index (χ4v) is 1.41. The van der Waals surface area contributed by atoms with Gasteiger partial charge in [-0.2, -0.15) is 0 Å². The second kappa shape index (κ2) is 15.2. The number of rotatable bonds is 9. The Balaban J connectivity index is 0. The van der Waals surface area contributed by atoms with E-state index in [9.17, 15) is 0 Å². The Morgan fingerprint density at radius 3 is 1.71 bits per heavy atom. The number of nitrogens with zero attached hydrogens (tertiary/aromatic N) is 1. The van der Waals surface area contributed by atoms with E-state index < -0.39 is 6.09 Å². The molecule has 0 atom stereocenters. The molecule has 0 saturated heterocycles. The average molecular weight is 247 g/mol. The number of amides is 1. The topological polar surface area (TPSA) is 92.6 Å². The molecule has 0 aliphatic carbocycles. The maximum absolute atomic E-state index is 8.78. The molecule has 5 nitrogen and oxygen atoms in total. The lowest BCUT2D eigenvalue weighted by molar-refractivity contribution is 0.205. The molecule has 1 amide bonds. The Morgan fingerprint density at radius 2 is 1.41 bits per heavy atom. The minimum absolute atomic E-state index is 0.828. The van der Waals surface area contributed by atoms with Crippen LogP contribution >= 0.6 is 0 Å². The molecule has 0 heterocycles. The van der Waals surface area contributed by atoms with Crippen LogP contribution in [0.3, 0.4) is 0 Å². The highest BCUT2D eigenvalue weighted by Gasteiger charge is 2.01. The normalized spacial score (nSPS) is 9.88. The first-order valence-corrected chi connectivity index (χ1v) is 6.49. The Labute approximate surface area is 105 Å². The van der Waals surface area contributed by atoms with Crippen LogP contribution < -0.4 is 11.5 Å². The van der Waals surface area contributed by atoms with Crippen molar-refractivity contribution in [2.24, 2.45) is 11.5 Å². The van der Waals surface area contributed by atoms with Crippen molar-refractivity contribution in [3.63, 3.8) is 0 Å². The summed E-state index contributed by atoms with van der Waals surface area (Å²) < 4.78 is 0. The van der Waals surface area contributed by atoms with Crippen LogP contribution in [-0.4, -0.2) is 42.3 Å². The van der Waals surface area contributed by atoms with E-state index >= 15 is 0 Å². The SMILES string of the molecule is CCCCN(CCCC)CCCN.NC(=O)O. The van der Waals surface area contributed by atoms with Crippen LogP contribution in [-0.2, 0) is 0 Å². The van der Waals surface area contributed by atoms with Gasteiger partial charge in [0.1, 0.15) is 0 Å². The molecule has 0 fully saturated rings. The smallest absolute Gasteiger partial charge is 0.402 e. The number of hydrogen-bond donors (Lipinski definition) is 3. The van der Waals surface area contributed by atoms with E-state index in [1.54, 1.807) is 0 Å². The molecular weight excluding hydrogens is 218 g/mol. The summed E-state index contributed by atoms with van der Waals surface area (Å²) in [5.41, 5.74) is 9.54. The van der Waals surface area contributed by atoms with E-state index in [4.69, 9.17) is 15.6 Å². The van der Waals surface area contributed by atoms with Crippen molar-refractivity contribution >= 4 is 6.09 Å². The van der Waals surface area contributed by atoms with Crippen molar-refractivity contribution in [1.82, 2.24) is 4.90 Å². The predicted octanol–water partition coefficient (Wildman–Crippen LogP) is 1.86. The summed E-state index contributed by atoms with van der Waals surface area (Å²) in [5.74, 6) is 0. The van der Waals surface area contributed by atoms with Gasteiger partial charge in [-0.3, -0.25) is 0 Å². The van der Waals surface area contributed by atoms with Crippen LogP contribution in [0.1, 0.15) is 46.0 Å². The van der Waals surface area contributed by atoms with Gasteiger partial charge in [-0.25, -0.2) is 4.79 Å². The number of nitrogens with two attached hydrogens (primary N) is 2. The van der Waals surface area contributed by atoms with E-state index in [1.165, 1.54) is 45.3 Å². The van der Waals surface area contributed by atoms with Gasteiger partial charge in [0, 0.05) is 0 Å². The highest BCUT2D eigenvalue weighted by molar-refractivity contribution is 5.61.